The Bertz CT molecular complexity index is 1170. The third-order valence-corrected chi connectivity index (χ3v) is 6.28. The average molecular weight is 589 g/mol. The van der Waals surface area contributed by atoms with Crippen molar-refractivity contribution in [3.05, 3.63) is 70.8 Å². The number of carbonyl (C=O) groups is 2. The first-order valence-electron chi connectivity index (χ1n) is 12.8. The van der Waals surface area contributed by atoms with Gasteiger partial charge < -0.3 is 14.4 Å². The van der Waals surface area contributed by atoms with Crippen molar-refractivity contribution in [2.24, 2.45) is 11.8 Å². The van der Waals surface area contributed by atoms with Crippen molar-refractivity contribution in [3.8, 4) is 0 Å². The van der Waals surface area contributed by atoms with E-state index in [2.05, 4.69) is 0 Å². The Balaban J connectivity index is 2.33. The number of ether oxygens (including phenoxy) is 2. The number of nitrogens with zero attached hydrogens (tertiary/aromatic N) is 1. The van der Waals surface area contributed by atoms with Crippen LogP contribution in [0.4, 0.5) is 31.1 Å². The Morgan fingerprint density at radius 2 is 1.44 bits per heavy atom. The van der Waals surface area contributed by atoms with E-state index < -0.39 is 59.5 Å². The SMILES string of the molecule is COC(=O)N(CCC(C)C(Cc1ccccc1)C(=N)C(=O)OC(C)(C)C)Cc1cc(C(F)(F)F)cc(C(F)(F)F)c1. The summed E-state index contributed by atoms with van der Waals surface area (Å²) in [7, 11) is 1.04. The van der Waals surface area contributed by atoms with Gasteiger partial charge in [-0.25, -0.2) is 9.59 Å². The summed E-state index contributed by atoms with van der Waals surface area (Å²) in [4.78, 5) is 26.2. The van der Waals surface area contributed by atoms with Crippen molar-refractivity contribution >= 4 is 17.8 Å². The second-order valence-electron chi connectivity index (χ2n) is 10.8. The van der Waals surface area contributed by atoms with Gasteiger partial charge in [0, 0.05) is 19.0 Å². The molecule has 0 saturated heterocycles. The zero-order valence-electron chi connectivity index (χ0n) is 23.4. The number of alkyl halides is 6. The Morgan fingerprint density at radius 1 is 0.902 bits per heavy atom. The molecule has 0 aliphatic rings. The fourth-order valence-electron chi connectivity index (χ4n) is 4.20. The third-order valence-electron chi connectivity index (χ3n) is 6.28. The van der Waals surface area contributed by atoms with E-state index in [0.29, 0.717) is 18.6 Å². The summed E-state index contributed by atoms with van der Waals surface area (Å²) in [6.45, 7) is 6.03. The van der Waals surface area contributed by atoms with Crippen molar-refractivity contribution in [1.82, 2.24) is 4.90 Å². The Hall–Kier alpha value is -3.57. The molecule has 0 spiro atoms. The fourth-order valence-corrected chi connectivity index (χ4v) is 4.20. The fraction of sp³-hybridized carbons (Fsp3) is 0.483. The molecule has 2 rings (SSSR count). The molecule has 0 radical (unpaired) electrons. The predicted molar refractivity (Wildman–Crippen MR) is 140 cm³/mol. The minimum atomic E-state index is -5.03. The van der Waals surface area contributed by atoms with Crippen molar-refractivity contribution in [2.75, 3.05) is 13.7 Å². The van der Waals surface area contributed by atoms with E-state index in [9.17, 15) is 35.9 Å². The number of hydrogen-bond donors (Lipinski definition) is 1. The number of amides is 1. The molecule has 2 atom stereocenters. The minimum absolute atomic E-state index is 0.0184. The summed E-state index contributed by atoms with van der Waals surface area (Å²) in [6.07, 6.45) is -10.6. The molecule has 1 amide bonds. The van der Waals surface area contributed by atoms with Crippen LogP contribution in [0.3, 0.4) is 0 Å². The molecule has 0 heterocycles. The quantitative estimate of drug-likeness (QED) is 0.177. The molecule has 6 nitrogen and oxygen atoms in total. The van der Waals surface area contributed by atoms with Gasteiger partial charge in [-0.3, -0.25) is 5.41 Å². The third kappa shape index (κ3) is 10.4. The highest BCUT2D eigenvalue weighted by molar-refractivity contribution is 6.36. The summed E-state index contributed by atoms with van der Waals surface area (Å²) in [5, 5.41) is 8.57. The molecule has 0 bridgehead atoms. The number of benzene rings is 2. The molecule has 0 aromatic heterocycles. The van der Waals surface area contributed by atoms with Gasteiger partial charge in [-0.05, 0) is 68.9 Å². The monoisotopic (exact) mass is 588 g/mol. The van der Waals surface area contributed by atoms with Crippen molar-refractivity contribution in [1.29, 1.82) is 5.41 Å². The Kier molecular flexibility index (Phi) is 11.0. The summed E-state index contributed by atoms with van der Waals surface area (Å²) >= 11 is 0. The molecule has 2 aromatic carbocycles. The standard InChI is InChI=1S/C29H34F6N2O4/c1-18(23(15-19-9-7-6-8-10-19)24(36)25(38)41-27(2,3)4)11-12-37(26(39)40-5)17-20-13-21(28(30,31)32)16-22(14-20)29(33,34)35/h6-10,13-14,16,18,23,36H,11-12,15,17H2,1-5H3. The lowest BCUT2D eigenvalue weighted by molar-refractivity contribution is -0.147. The van der Waals surface area contributed by atoms with Crippen molar-refractivity contribution in [3.63, 3.8) is 0 Å². The van der Waals surface area contributed by atoms with Gasteiger partial charge in [0.25, 0.3) is 0 Å². The zero-order chi connectivity index (χ0) is 31.2. The molecule has 0 fully saturated rings. The molecule has 0 aliphatic heterocycles. The maximum atomic E-state index is 13.3. The largest absolute Gasteiger partial charge is 0.455 e. The smallest absolute Gasteiger partial charge is 0.416 e. The van der Waals surface area contributed by atoms with Gasteiger partial charge in [0.2, 0.25) is 0 Å². The molecule has 0 saturated carbocycles. The normalized spacial score (nSPS) is 13.7. The molecule has 226 valence electrons. The first-order valence-corrected chi connectivity index (χ1v) is 12.8. The van der Waals surface area contributed by atoms with Gasteiger partial charge in [-0.15, -0.1) is 0 Å². The Morgan fingerprint density at radius 3 is 1.90 bits per heavy atom. The first kappa shape index (κ1) is 33.6. The number of rotatable bonds is 10. The maximum Gasteiger partial charge on any atom is 0.416 e. The van der Waals surface area contributed by atoms with E-state index in [0.717, 1.165) is 17.6 Å². The number of methoxy groups -OCH3 is 1. The minimum Gasteiger partial charge on any atom is -0.455 e. The Labute approximate surface area is 235 Å². The van der Waals surface area contributed by atoms with E-state index in [1.165, 1.54) is 0 Å². The highest BCUT2D eigenvalue weighted by atomic mass is 19.4. The van der Waals surface area contributed by atoms with Crippen LogP contribution in [-0.4, -0.2) is 41.9 Å². The molecule has 41 heavy (non-hydrogen) atoms. The molecular formula is C29H34F6N2O4. The second-order valence-corrected chi connectivity index (χ2v) is 10.8. The second kappa shape index (κ2) is 13.4. The van der Waals surface area contributed by atoms with E-state index in [-0.39, 0.29) is 30.3 Å². The summed E-state index contributed by atoms with van der Waals surface area (Å²) in [5.41, 5.74) is -3.65. The average Bonchev–Trinajstić information content (AvgIpc) is 2.87. The number of nitrogens with one attached hydrogen (secondary N) is 1. The van der Waals surface area contributed by atoms with E-state index in [1.807, 2.05) is 18.2 Å². The van der Waals surface area contributed by atoms with Gasteiger partial charge in [0.1, 0.15) is 11.3 Å². The maximum absolute atomic E-state index is 13.3. The van der Waals surface area contributed by atoms with Crippen molar-refractivity contribution < 1.29 is 45.4 Å². The van der Waals surface area contributed by atoms with Crippen LogP contribution in [0.25, 0.3) is 0 Å². The summed E-state index contributed by atoms with van der Waals surface area (Å²) < 4.78 is 90.1. The van der Waals surface area contributed by atoms with Crippen molar-refractivity contribution in [2.45, 2.75) is 65.0 Å². The lowest BCUT2D eigenvalue weighted by Gasteiger charge is -2.29. The topological polar surface area (TPSA) is 79.7 Å². The van der Waals surface area contributed by atoms with Gasteiger partial charge in [-0.1, -0.05) is 37.3 Å². The molecule has 2 aromatic rings. The summed E-state index contributed by atoms with van der Waals surface area (Å²) in [6, 6.07) is 10.2. The van der Waals surface area contributed by atoms with Crippen LogP contribution in [0, 0.1) is 17.2 Å². The van der Waals surface area contributed by atoms with E-state index in [1.54, 1.807) is 39.8 Å². The van der Waals surface area contributed by atoms with Gasteiger partial charge in [0.05, 0.1) is 18.2 Å². The van der Waals surface area contributed by atoms with Gasteiger partial charge in [0.15, 0.2) is 0 Å². The van der Waals surface area contributed by atoms with E-state index >= 15 is 0 Å². The van der Waals surface area contributed by atoms with Gasteiger partial charge >= 0.3 is 24.4 Å². The number of carbonyl (C=O) groups excluding carboxylic acids is 2. The summed E-state index contributed by atoms with van der Waals surface area (Å²) in [5.74, 6) is -1.88. The van der Waals surface area contributed by atoms with Crippen LogP contribution in [0.2, 0.25) is 0 Å². The molecule has 1 N–H and O–H groups in total. The van der Waals surface area contributed by atoms with Crippen LogP contribution in [-0.2, 0) is 39.6 Å². The molecule has 0 aliphatic carbocycles. The highest BCUT2D eigenvalue weighted by Gasteiger charge is 2.37. The van der Waals surface area contributed by atoms with Crippen LogP contribution in [0.1, 0.15) is 56.4 Å². The van der Waals surface area contributed by atoms with Gasteiger partial charge in [-0.2, -0.15) is 26.3 Å². The van der Waals surface area contributed by atoms with Crippen LogP contribution < -0.4 is 0 Å². The zero-order valence-corrected chi connectivity index (χ0v) is 23.4. The van der Waals surface area contributed by atoms with Crippen LogP contribution in [0.15, 0.2) is 48.5 Å². The molecule has 2 unspecified atom stereocenters. The first-order chi connectivity index (χ1) is 18.8. The number of halogens is 6. The van der Waals surface area contributed by atoms with Crippen LogP contribution >= 0.6 is 0 Å². The molecule has 12 heteroatoms. The number of esters is 1. The van der Waals surface area contributed by atoms with Crippen LogP contribution in [0.5, 0.6) is 0 Å². The predicted octanol–water partition coefficient (Wildman–Crippen LogP) is 7.54. The lowest BCUT2D eigenvalue weighted by Crippen LogP contribution is -2.37. The van der Waals surface area contributed by atoms with E-state index in [4.69, 9.17) is 14.9 Å². The molecular weight excluding hydrogens is 554 g/mol. The lowest BCUT2D eigenvalue weighted by atomic mass is 9.82. The number of hydrogen-bond acceptors (Lipinski definition) is 5. The highest BCUT2D eigenvalue weighted by Crippen LogP contribution is 2.36.